The molecule has 0 saturated heterocycles. The van der Waals surface area contributed by atoms with E-state index in [2.05, 4.69) is 4.74 Å². The minimum Gasteiger partial charge on any atom is -0.455 e. The molecule has 5 heteroatoms. The Bertz CT molecular complexity index is 122. The molecule has 2 atom stereocenters. The van der Waals surface area contributed by atoms with Crippen LogP contribution in [-0.4, -0.2) is 46.7 Å². The van der Waals surface area contributed by atoms with E-state index < -0.39 is 31.4 Å². The summed E-state index contributed by atoms with van der Waals surface area (Å²) in [6, 6.07) is 0. The quantitative estimate of drug-likeness (QED) is 0.429. The summed E-state index contributed by atoms with van der Waals surface area (Å²) in [5.74, 6) is -0.857. The topological polar surface area (TPSA) is 87.0 Å². The Hall–Kier alpha value is -0.650. The summed E-state index contributed by atoms with van der Waals surface area (Å²) in [4.78, 5) is 10.4. The largest absolute Gasteiger partial charge is 0.455 e. The maximum absolute atomic E-state index is 10.4. The van der Waals surface area contributed by atoms with E-state index in [0.717, 1.165) is 0 Å². The molecule has 0 unspecified atom stereocenters. The fourth-order valence-corrected chi connectivity index (χ4v) is 0.494. The fraction of sp³-hybridized carbons (Fsp3) is 0.833. The lowest BCUT2D eigenvalue weighted by Crippen LogP contribution is -2.33. The monoisotopic (exact) mass is 164 g/mol. The van der Waals surface area contributed by atoms with E-state index >= 15 is 0 Å². The molecule has 11 heavy (non-hydrogen) atoms. The van der Waals surface area contributed by atoms with E-state index in [9.17, 15) is 4.79 Å². The molecule has 0 bridgehead atoms. The van der Waals surface area contributed by atoms with Gasteiger partial charge in [-0.25, -0.2) is 4.79 Å². The van der Waals surface area contributed by atoms with Crippen molar-refractivity contribution >= 4 is 5.97 Å². The molecule has 0 rings (SSSR count). The number of ether oxygens (including phenoxy) is 1. The minimum atomic E-state index is -0.949. The highest BCUT2D eigenvalue weighted by Crippen LogP contribution is 1.97. The van der Waals surface area contributed by atoms with Crippen LogP contribution in [0.25, 0.3) is 0 Å². The molecule has 0 heterocycles. The highest BCUT2D eigenvalue weighted by atomic mass is 16.6. The van der Waals surface area contributed by atoms with Gasteiger partial charge in [0, 0.05) is 0 Å². The predicted molar refractivity (Wildman–Crippen MR) is 35.7 cm³/mol. The third kappa shape index (κ3) is 3.92. The molecular formula is C6H12O5. The van der Waals surface area contributed by atoms with Gasteiger partial charge in [0.05, 0.1) is 12.7 Å². The normalized spacial score (nSPS) is 15.6. The van der Waals surface area contributed by atoms with Crippen molar-refractivity contribution in [2.45, 2.75) is 19.1 Å². The highest BCUT2D eigenvalue weighted by Gasteiger charge is 2.17. The Balaban J connectivity index is 3.78. The van der Waals surface area contributed by atoms with E-state index in [-0.39, 0.29) is 0 Å². The number of aliphatic hydroxyl groups is 3. The smallest absolute Gasteiger partial charge is 0.332 e. The summed E-state index contributed by atoms with van der Waals surface area (Å²) < 4.78 is 4.42. The Morgan fingerprint density at radius 1 is 1.55 bits per heavy atom. The number of esters is 1. The second-order valence-electron chi connectivity index (χ2n) is 2.11. The van der Waals surface area contributed by atoms with E-state index in [0.29, 0.717) is 0 Å². The predicted octanol–water partition coefficient (Wildman–Crippen LogP) is -1.74. The molecule has 0 aliphatic carbocycles. The molecule has 0 radical (unpaired) electrons. The lowest BCUT2D eigenvalue weighted by Gasteiger charge is -2.16. The fourth-order valence-electron chi connectivity index (χ4n) is 0.494. The van der Waals surface area contributed by atoms with Crippen LogP contribution in [0, 0.1) is 0 Å². The molecule has 0 saturated carbocycles. The Morgan fingerprint density at radius 2 is 2.09 bits per heavy atom. The molecule has 66 valence electrons. The SMILES string of the molecule is C[C@@H](O)[C@@H](CO)OC(=O)CO. The van der Waals surface area contributed by atoms with Crippen molar-refractivity contribution in [3.8, 4) is 0 Å². The molecule has 0 aliphatic rings. The van der Waals surface area contributed by atoms with Crippen LogP contribution in [0.5, 0.6) is 0 Å². The highest BCUT2D eigenvalue weighted by molar-refractivity contribution is 5.70. The molecule has 0 aromatic carbocycles. The van der Waals surface area contributed by atoms with Crippen LogP contribution in [0.2, 0.25) is 0 Å². The average Bonchev–Trinajstić information content (AvgIpc) is 1.99. The standard InChI is InChI=1S/C6H12O5/c1-4(9)5(2-7)11-6(10)3-8/h4-5,7-9H,2-3H2,1H3/t4-,5-/m1/s1. The number of hydrogen-bond donors (Lipinski definition) is 3. The Kier molecular flexibility index (Phi) is 4.76. The first-order valence-corrected chi connectivity index (χ1v) is 3.21. The lowest BCUT2D eigenvalue weighted by atomic mass is 10.2. The molecule has 5 nitrogen and oxygen atoms in total. The van der Waals surface area contributed by atoms with Gasteiger partial charge >= 0.3 is 5.97 Å². The van der Waals surface area contributed by atoms with Gasteiger partial charge in [0.2, 0.25) is 0 Å². The maximum Gasteiger partial charge on any atom is 0.332 e. The van der Waals surface area contributed by atoms with Gasteiger partial charge in [-0.2, -0.15) is 0 Å². The van der Waals surface area contributed by atoms with Crippen LogP contribution in [0.3, 0.4) is 0 Å². The first kappa shape index (κ1) is 10.3. The van der Waals surface area contributed by atoms with Crippen molar-refractivity contribution in [3.05, 3.63) is 0 Å². The van der Waals surface area contributed by atoms with Gasteiger partial charge in [-0.05, 0) is 6.92 Å². The zero-order chi connectivity index (χ0) is 8.85. The van der Waals surface area contributed by atoms with E-state index in [1.807, 2.05) is 0 Å². The summed E-state index contributed by atoms with van der Waals surface area (Å²) >= 11 is 0. The van der Waals surface area contributed by atoms with Crippen molar-refractivity contribution in [2.75, 3.05) is 13.2 Å². The Morgan fingerprint density at radius 3 is 2.36 bits per heavy atom. The summed E-state index contributed by atoms with van der Waals surface area (Å²) in [5.41, 5.74) is 0. The van der Waals surface area contributed by atoms with Crippen molar-refractivity contribution in [2.24, 2.45) is 0 Å². The van der Waals surface area contributed by atoms with E-state index in [4.69, 9.17) is 15.3 Å². The lowest BCUT2D eigenvalue weighted by molar-refractivity contribution is -0.160. The van der Waals surface area contributed by atoms with Crippen LogP contribution in [-0.2, 0) is 9.53 Å². The number of carbonyl (C=O) groups excluding carboxylic acids is 1. The van der Waals surface area contributed by atoms with Crippen LogP contribution in [0.4, 0.5) is 0 Å². The second-order valence-corrected chi connectivity index (χ2v) is 2.11. The molecule has 0 amide bonds. The molecule has 3 N–H and O–H groups in total. The van der Waals surface area contributed by atoms with E-state index in [1.54, 1.807) is 0 Å². The molecule has 0 aromatic rings. The van der Waals surface area contributed by atoms with Gasteiger partial charge in [-0.15, -0.1) is 0 Å². The third-order valence-corrected chi connectivity index (χ3v) is 1.13. The van der Waals surface area contributed by atoms with Crippen LogP contribution < -0.4 is 0 Å². The Labute approximate surface area is 64.2 Å². The third-order valence-electron chi connectivity index (χ3n) is 1.13. The van der Waals surface area contributed by atoms with Gasteiger partial charge in [0.15, 0.2) is 6.10 Å². The summed E-state index contributed by atoms with van der Waals surface area (Å²) in [7, 11) is 0. The van der Waals surface area contributed by atoms with Crippen molar-refractivity contribution in [3.63, 3.8) is 0 Å². The van der Waals surface area contributed by atoms with Crippen LogP contribution in [0.1, 0.15) is 6.92 Å². The second kappa shape index (κ2) is 5.06. The van der Waals surface area contributed by atoms with Crippen molar-refractivity contribution in [1.82, 2.24) is 0 Å². The van der Waals surface area contributed by atoms with Crippen molar-refractivity contribution < 1.29 is 24.9 Å². The zero-order valence-corrected chi connectivity index (χ0v) is 6.23. The van der Waals surface area contributed by atoms with Gasteiger partial charge < -0.3 is 20.1 Å². The minimum absolute atomic E-state index is 0.455. The zero-order valence-electron chi connectivity index (χ0n) is 6.23. The molecule has 0 aromatic heterocycles. The first-order valence-electron chi connectivity index (χ1n) is 3.21. The van der Waals surface area contributed by atoms with Gasteiger partial charge in [0.1, 0.15) is 6.61 Å². The number of hydrogen-bond acceptors (Lipinski definition) is 5. The van der Waals surface area contributed by atoms with Crippen LogP contribution >= 0.6 is 0 Å². The summed E-state index contributed by atoms with van der Waals surface area (Å²) in [6.07, 6.45) is -1.88. The van der Waals surface area contributed by atoms with E-state index in [1.165, 1.54) is 6.92 Å². The van der Waals surface area contributed by atoms with Gasteiger partial charge in [0.25, 0.3) is 0 Å². The number of carbonyl (C=O) groups is 1. The van der Waals surface area contributed by atoms with Crippen molar-refractivity contribution in [1.29, 1.82) is 0 Å². The molecular weight excluding hydrogens is 152 g/mol. The molecule has 0 spiro atoms. The summed E-state index contributed by atoms with van der Waals surface area (Å²) in [6.45, 7) is 0.179. The molecule has 0 fully saturated rings. The summed E-state index contributed by atoms with van der Waals surface area (Å²) in [5, 5.41) is 25.6. The number of rotatable bonds is 4. The number of aliphatic hydroxyl groups excluding tert-OH is 3. The maximum atomic E-state index is 10.4. The van der Waals surface area contributed by atoms with Gasteiger partial charge in [-0.3, -0.25) is 0 Å². The van der Waals surface area contributed by atoms with Gasteiger partial charge in [-0.1, -0.05) is 0 Å². The average molecular weight is 164 g/mol. The molecule has 0 aliphatic heterocycles. The first-order chi connectivity index (χ1) is 5.11. The van der Waals surface area contributed by atoms with Crippen LogP contribution in [0.15, 0.2) is 0 Å².